The van der Waals surface area contributed by atoms with E-state index < -0.39 is 0 Å². The number of hydrogen-bond donors (Lipinski definition) is 0. The van der Waals surface area contributed by atoms with Crippen LogP contribution in [-0.2, 0) is 0 Å². The van der Waals surface area contributed by atoms with E-state index in [-0.39, 0.29) is 0 Å². The van der Waals surface area contributed by atoms with Gasteiger partial charge in [-0.3, -0.25) is 9.13 Å². The van der Waals surface area contributed by atoms with Crippen molar-refractivity contribution in [2.75, 3.05) is 0 Å². The topological polar surface area (TPSA) is 71.3 Å². The standard InChI is InChI=1S/C54H32N8/c1-3-15-33(16-4-1)59-46-26-14-10-22-39(46)51-47(59)28-27-38-35-19-7-13-25-45(35)62(52(38)51)54-56-31-42-53(58-54)55-32-50(57-42)61-44-24-12-9-21-37(44)41-29-48-40(30-49(41)61)36-20-8-11-23-43(36)60(48)34-17-5-2-6-18-34/h1-32H. The minimum Gasteiger partial charge on any atom is -0.309 e. The molecule has 0 bridgehead atoms. The Morgan fingerprint density at radius 3 is 1.47 bits per heavy atom. The number of para-hydroxylation sites is 6. The van der Waals surface area contributed by atoms with Crippen LogP contribution in [0.5, 0.6) is 0 Å². The Morgan fingerprint density at radius 1 is 0.323 bits per heavy atom. The quantitative estimate of drug-likeness (QED) is 0.178. The summed E-state index contributed by atoms with van der Waals surface area (Å²) >= 11 is 0. The first-order valence-electron chi connectivity index (χ1n) is 20.8. The van der Waals surface area contributed by atoms with Gasteiger partial charge in [-0.05, 0) is 66.7 Å². The zero-order valence-electron chi connectivity index (χ0n) is 33.1. The summed E-state index contributed by atoms with van der Waals surface area (Å²) in [4.78, 5) is 20.6. The molecule has 8 heteroatoms. The van der Waals surface area contributed by atoms with Crippen LogP contribution in [-0.4, -0.2) is 38.2 Å². The van der Waals surface area contributed by atoms with Gasteiger partial charge in [0.25, 0.3) is 0 Å². The second kappa shape index (κ2) is 12.5. The minimum absolute atomic E-state index is 0.526. The third-order valence-corrected chi connectivity index (χ3v) is 12.7. The molecule has 62 heavy (non-hydrogen) atoms. The van der Waals surface area contributed by atoms with Crippen LogP contribution < -0.4 is 0 Å². The van der Waals surface area contributed by atoms with Crippen LogP contribution in [0.15, 0.2) is 194 Å². The van der Waals surface area contributed by atoms with Crippen molar-refractivity contribution >= 4 is 98.4 Å². The monoisotopic (exact) mass is 792 g/mol. The van der Waals surface area contributed by atoms with E-state index in [0.717, 1.165) is 76.9 Å². The van der Waals surface area contributed by atoms with Crippen LogP contribution in [0.1, 0.15) is 0 Å². The molecule has 0 unspecified atom stereocenters. The summed E-state index contributed by atoms with van der Waals surface area (Å²) in [6.45, 7) is 0. The molecular formula is C54H32N8. The summed E-state index contributed by atoms with van der Waals surface area (Å²) in [5.74, 6) is 1.25. The van der Waals surface area contributed by atoms with E-state index in [2.05, 4.69) is 200 Å². The molecule has 0 atom stereocenters. The molecule has 0 radical (unpaired) electrons. The second-order valence-corrected chi connectivity index (χ2v) is 15.9. The number of aromatic nitrogens is 8. The number of fused-ring (bicyclic) bond motifs is 14. The van der Waals surface area contributed by atoms with Gasteiger partial charge in [-0.2, -0.15) is 4.98 Å². The van der Waals surface area contributed by atoms with Crippen LogP contribution in [0, 0.1) is 0 Å². The molecule has 0 spiro atoms. The summed E-state index contributed by atoms with van der Waals surface area (Å²) in [6, 6.07) is 64.6. The maximum Gasteiger partial charge on any atom is 0.236 e. The van der Waals surface area contributed by atoms with Crippen molar-refractivity contribution in [2.45, 2.75) is 0 Å². The Balaban J connectivity index is 0.988. The maximum atomic E-state index is 5.25. The van der Waals surface area contributed by atoms with Gasteiger partial charge in [0.15, 0.2) is 11.5 Å². The van der Waals surface area contributed by atoms with Gasteiger partial charge in [-0.1, -0.05) is 115 Å². The second-order valence-electron chi connectivity index (χ2n) is 15.9. The van der Waals surface area contributed by atoms with E-state index in [1.54, 1.807) is 0 Å². The predicted molar refractivity (Wildman–Crippen MR) is 252 cm³/mol. The summed E-state index contributed by atoms with van der Waals surface area (Å²) in [6.07, 6.45) is 3.67. The molecule has 0 fully saturated rings. The van der Waals surface area contributed by atoms with E-state index in [9.17, 15) is 0 Å². The third-order valence-electron chi connectivity index (χ3n) is 12.7. The molecule has 0 saturated heterocycles. The van der Waals surface area contributed by atoms with Crippen LogP contribution in [0.25, 0.3) is 122 Å². The van der Waals surface area contributed by atoms with Gasteiger partial charge in [0.05, 0.1) is 56.5 Å². The van der Waals surface area contributed by atoms with Gasteiger partial charge in [0, 0.05) is 54.5 Å². The molecule has 14 rings (SSSR count). The highest BCUT2D eigenvalue weighted by atomic mass is 15.2. The Kier molecular flexibility index (Phi) is 6.68. The Labute approximate surface area is 352 Å². The average molecular weight is 793 g/mol. The minimum atomic E-state index is 0.526. The van der Waals surface area contributed by atoms with Crippen molar-refractivity contribution in [1.82, 2.24) is 38.2 Å². The largest absolute Gasteiger partial charge is 0.309 e. The first-order valence-corrected chi connectivity index (χ1v) is 20.8. The molecule has 0 aliphatic heterocycles. The maximum absolute atomic E-state index is 5.25. The third kappa shape index (κ3) is 4.49. The molecule has 6 aromatic heterocycles. The van der Waals surface area contributed by atoms with Crippen LogP contribution in [0.3, 0.4) is 0 Å². The lowest BCUT2D eigenvalue weighted by atomic mass is 10.1. The zero-order chi connectivity index (χ0) is 40.5. The van der Waals surface area contributed by atoms with Crippen molar-refractivity contribution in [3.8, 4) is 23.1 Å². The van der Waals surface area contributed by atoms with Gasteiger partial charge in [-0.25, -0.2) is 15.0 Å². The van der Waals surface area contributed by atoms with Crippen molar-refractivity contribution in [3.63, 3.8) is 0 Å². The fraction of sp³-hybridized carbons (Fsp3) is 0. The Bertz CT molecular complexity index is 4150. The molecule has 0 aliphatic carbocycles. The fourth-order valence-corrected chi connectivity index (χ4v) is 10.1. The first kappa shape index (κ1) is 33.2. The van der Waals surface area contributed by atoms with Gasteiger partial charge < -0.3 is 9.13 Å². The van der Waals surface area contributed by atoms with Gasteiger partial charge in [0.1, 0.15) is 5.52 Å². The smallest absolute Gasteiger partial charge is 0.236 e. The lowest BCUT2D eigenvalue weighted by molar-refractivity contribution is 0.987. The molecule has 8 nitrogen and oxygen atoms in total. The van der Waals surface area contributed by atoms with E-state index in [1.165, 1.54) is 21.7 Å². The zero-order valence-corrected chi connectivity index (χ0v) is 33.1. The molecule has 0 saturated carbocycles. The summed E-state index contributed by atoms with van der Waals surface area (Å²) in [5, 5.41) is 9.26. The van der Waals surface area contributed by atoms with Crippen LogP contribution >= 0.6 is 0 Å². The lowest BCUT2D eigenvalue weighted by Gasteiger charge is -2.10. The van der Waals surface area contributed by atoms with Gasteiger partial charge >= 0.3 is 0 Å². The van der Waals surface area contributed by atoms with Crippen molar-refractivity contribution in [1.29, 1.82) is 0 Å². The molecule has 0 aliphatic rings. The molecule has 14 aromatic rings. The van der Waals surface area contributed by atoms with Crippen molar-refractivity contribution in [2.24, 2.45) is 0 Å². The highest BCUT2D eigenvalue weighted by molar-refractivity contribution is 6.26. The van der Waals surface area contributed by atoms with E-state index in [1.807, 2.05) is 12.4 Å². The van der Waals surface area contributed by atoms with Gasteiger partial charge in [-0.15, -0.1) is 0 Å². The average Bonchev–Trinajstić information content (AvgIpc) is 4.06. The fourth-order valence-electron chi connectivity index (χ4n) is 10.1. The SMILES string of the molecule is c1ccc(-n2c3ccccc3c3cc4c(cc32)c2ccccc2n4-c2cnc3nc(-n4c5ccccc5c5ccc6c(c7ccccc7n6-c6ccccc6)c54)ncc3n2)cc1. The van der Waals surface area contributed by atoms with Crippen LogP contribution in [0.2, 0.25) is 0 Å². The molecular weight excluding hydrogens is 761 g/mol. The Hall–Kier alpha value is -8.62. The lowest BCUT2D eigenvalue weighted by Crippen LogP contribution is -2.05. The van der Waals surface area contributed by atoms with E-state index in [0.29, 0.717) is 22.9 Å². The summed E-state index contributed by atoms with van der Waals surface area (Å²) in [5.41, 5.74) is 12.2. The van der Waals surface area contributed by atoms with Crippen molar-refractivity contribution < 1.29 is 0 Å². The highest BCUT2D eigenvalue weighted by Gasteiger charge is 2.23. The van der Waals surface area contributed by atoms with E-state index in [4.69, 9.17) is 19.9 Å². The predicted octanol–water partition coefficient (Wildman–Crippen LogP) is 12.8. The molecule has 0 amide bonds. The summed E-state index contributed by atoms with van der Waals surface area (Å²) in [7, 11) is 0. The summed E-state index contributed by atoms with van der Waals surface area (Å²) < 4.78 is 9.14. The first-order chi connectivity index (χ1) is 30.8. The molecule has 288 valence electrons. The van der Waals surface area contributed by atoms with Crippen molar-refractivity contribution in [3.05, 3.63) is 194 Å². The number of rotatable bonds is 4. The molecule has 6 heterocycles. The normalized spacial score (nSPS) is 12.2. The number of benzene rings is 8. The molecule has 8 aromatic carbocycles. The highest BCUT2D eigenvalue weighted by Crippen LogP contribution is 2.42. The van der Waals surface area contributed by atoms with Crippen LogP contribution in [0.4, 0.5) is 0 Å². The van der Waals surface area contributed by atoms with Gasteiger partial charge in [0.2, 0.25) is 5.95 Å². The molecule has 0 N–H and O–H groups in total. The number of nitrogens with zero attached hydrogens (tertiary/aromatic N) is 8. The Morgan fingerprint density at radius 2 is 0.823 bits per heavy atom. The number of hydrogen-bond acceptors (Lipinski definition) is 4. The van der Waals surface area contributed by atoms with E-state index >= 15 is 0 Å².